The third-order valence-electron chi connectivity index (χ3n) is 4.81. The zero-order chi connectivity index (χ0) is 16.1. The van der Waals surface area contributed by atoms with E-state index < -0.39 is 0 Å². The van der Waals surface area contributed by atoms with Gasteiger partial charge < -0.3 is 4.98 Å². The Kier molecular flexibility index (Phi) is 3.15. The summed E-state index contributed by atoms with van der Waals surface area (Å²) in [5.74, 6) is 0.524. The number of rotatable bonds is 3. The fourth-order valence-corrected chi connectivity index (χ4v) is 3.32. The Morgan fingerprint density at radius 2 is 1.70 bits per heavy atom. The molecule has 0 unspecified atom stereocenters. The fraction of sp³-hybridized carbons (Fsp3) is 0.286. The smallest absolute Gasteiger partial charge is 0.168 e. The van der Waals surface area contributed by atoms with Crippen molar-refractivity contribution in [1.82, 2.24) is 4.98 Å². The van der Waals surface area contributed by atoms with E-state index in [9.17, 15) is 4.79 Å². The molecular formula is C21H21NO. The third-order valence-corrected chi connectivity index (χ3v) is 4.81. The van der Waals surface area contributed by atoms with E-state index in [-0.39, 0.29) is 5.92 Å². The quantitative estimate of drug-likeness (QED) is 0.650. The summed E-state index contributed by atoms with van der Waals surface area (Å²) in [6.07, 6.45) is 2.06. The molecule has 2 nitrogen and oxygen atoms in total. The Balaban J connectivity index is 2.03. The van der Waals surface area contributed by atoms with Gasteiger partial charge in [-0.1, -0.05) is 29.3 Å². The Morgan fingerprint density at radius 3 is 2.43 bits per heavy atom. The number of nitrogens with one attached hydrogen (secondary N) is 1. The molecule has 0 spiro atoms. The van der Waals surface area contributed by atoms with E-state index >= 15 is 0 Å². The van der Waals surface area contributed by atoms with Gasteiger partial charge in [0.2, 0.25) is 0 Å². The highest BCUT2D eigenvalue weighted by Gasteiger charge is 2.34. The molecule has 2 aromatic carbocycles. The minimum atomic E-state index is 0.221. The molecule has 1 saturated carbocycles. The molecule has 0 radical (unpaired) electrons. The first-order valence-electron chi connectivity index (χ1n) is 8.29. The van der Waals surface area contributed by atoms with E-state index in [4.69, 9.17) is 0 Å². The van der Waals surface area contributed by atoms with Crippen molar-refractivity contribution >= 4 is 16.7 Å². The van der Waals surface area contributed by atoms with Crippen LogP contribution in [0.2, 0.25) is 0 Å². The summed E-state index contributed by atoms with van der Waals surface area (Å²) in [5.41, 5.74) is 7.67. The molecule has 1 fully saturated rings. The van der Waals surface area contributed by atoms with Gasteiger partial charge >= 0.3 is 0 Å². The fourth-order valence-electron chi connectivity index (χ4n) is 3.32. The number of carbonyl (C=O) groups is 1. The van der Waals surface area contributed by atoms with Crippen LogP contribution in [0.25, 0.3) is 22.2 Å². The summed E-state index contributed by atoms with van der Waals surface area (Å²) >= 11 is 0. The van der Waals surface area contributed by atoms with Crippen molar-refractivity contribution < 1.29 is 4.79 Å². The number of aromatic nitrogens is 1. The zero-order valence-electron chi connectivity index (χ0n) is 13.9. The molecule has 3 aromatic rings. The molecule has 1 N–H and O–H groups in total. The van der Waals surface area contributed by atoms with Gasteiger partial charge in [-0.2, -0.15) is 0 Å². The van der Waals surface area contributed by atoms with Gasteiger partial charge in [0, 0.05) is 22.4 Å². The van der Waals surface area contributed by atoms with Gasteiger partial charge in [0.1, 0.15) is 0 Å². The second-order valence-electron chi connectivity index (χ2n) is 6.88. The van der Waals surface area contributed by atoms with E-state index in [1.165, 1.54) is 16.7 Å². The second-order valence-corrected chi connectivity index (χ2v) is 6.88. The van der Waals surface area contributed by atoms with Crippen molar-refractivity contribution in [1.29, 1.82) is 0 Å². The molecule has 1 aromatic heterocycles. The minimum Gasteiger partial charge on any atom is -0.354 e. The van der Waals surface area contributed by atoms with Crippen LogP contribution in [-0.4, -0.2) is 10.8 Å². The van der Waals surface area contributed by atoms with E-state index in [0.29, 0.717) is 5.78 Å². The maximum Gasteiger partial charge on any atom is 0.168 e. The van der Waals surface area contributed by atoms with Crippen molar-refractivity contribution in [3.63, 3.8) is 0 Å². The van der Waals surface area contributed by atoms with Gasteiger partial charge in [0.15, 0.2) is 5.78 Å². The number of aryl methyl sites for hydroxylation is 3. The zero-order valence-corrected chi connectivity index (χ0v) is 13.9. The highest BCUT2D eigenvalue weighted by molar-refractivity contribution is 6.15. The number of benzene rings is 2. The molecule has 0 atom stereocenters. The van der Waals surface area contributed by atoms with Crippen LogP contribution in [0.15, 0.2) is 36.4 Å². The molecule has 0 saturated heterocycles. The number of carbonyl (C=O) groups excluding carboxylic acids is 1. The standard InChI is InChI=1S/C21H21NO/c1-12-4-6-14(3)16(10-12)20-19(21(23)15-7-8-15)17-11-13(2)5-9-18(17)22-20/h4-6,9-11,15,22H,7-8H2,1-3H3. The summed E-state index contributed by atoms with van der Waals surface area (Å²) in [6, 6.07) is 12.7. The first-order valence-corrected chi connectivity index (χ1v) is 8.29. The largest absolute Gasteiger partial charge is 0.354 e. The number of H-pyrrole nitrogens is 1. The van der Waals surface area contributed by atoms with Crippen LogP contribution < -0.4 is 0 Å². The maximum atomic E-state index is 13.0. The summed E-state index contributed by atoms with van der Waals surface area (Å²) in [7, 11) is 0. The van der Waals surface area contributed by atoms with Crippen LogP contribution in [0, 0.1) is 26.7 Å². The lowest BCUT2D eigenvalue weighted by Gasteiger charge is -2.08. The number of hydrogen-bond donors (Lipinski definition) is 1. The van der Waals surface area contributed by atoms with Crippen molar-refractivity contribution in [2.75, 3.05) is 0 Å². The number of aromatic amines is 1. The Labute approximate surface area is 136 Å². The van der Waals surface area contributed by atoms with Crippen LogP contribution >= 0.6 is 0 Å². The molecule has 1 aliphatic rings. The highest BCUT2D eigenvalue weighted by Crippen LogP contribution is 2.40. The average Bonchev–Trinajstić information content (AvgIpc) is 3.30. The molecule has 23 heavy (non-hydrogen) atoms. The number of ketones is 1. The molecule has 116 valence electrons. The monoisotopic (exact) mass is 303 g/mol. The Bertz CT molecular complexity index is 928. The number of Topliss-reactive ketones (excluding diaryl/α,β-unsaturated/α-hetero) is 1. The molecule has 1 aliphatic carbocycles. The summed E-state index contributed by atoms with van der Waals surface area (Å²) < 4.78 is 0. The third kappa shape index (κ3) is 2.39. The van der Waals surface area contributed by atoms with Crippen LogP contribution in [-0.2, 0) is 0 Å². The predicted octanol–water partition coefficient (Wildman–Crippen LogP) is 5.35. The van der Waals surface area contributed by atoms with Crippen LogP contribution in [0.5, 0.6) is 0 Å². The van der Waals surface area contributed by atoms with Crippen molar-refractivity contribution in [3.8, 4) is 11.3 Å². The summed E-state index contributed by atoms with van der Waals surface area (Å²) in [6.45, 7) is 6.28. The van der Waals surface area contributed by atoms with Crippen molar-refractivity contribution in [2.45, 2.75) is 33.6 Å². The van der Waals surface area contributed by atoms with Crippen LogP contribution in [0.4, 0.5) is 0 Å². The van der Waals surface area contributed by atoms with Gasteiger partial charge in [-0.05, 0) is 57.4 Å². The predicted molar refractivity (Wildman–Crippen MR) is 95.0 cm³/mol. The van der Waals surface area contributed by atoms with E-state index in [1.54, 1.807) is 0 Å². The summed E-state index contributed by atoms with van der Waals surface area (Å²) in [4.78, 5) is 16.5. The first kappa shape index (κ1) is 14.3. The molecule has 0 aliphatic heterocycles. The van der Waals surface area contributed by atoms with Crippen molar-refractivity contribution in [3.05, 3.63) is 58.7 Å². The Morgan fingerprint density at radius 1 is 1.00 bits per heavy atom. The number of fused-ring (bicyclic) bond motifs is 1. The van der Waals surface area contributed by atoms with Crippen LogP contribution in [0.3, 0.4) is 0 Å². The van der Waals surface area contributed by atoms with E-state index in [2.05, 4.69) is 62.2 Å². The minimum absolute atomic E-state index is 0.221. The van der Waals surface area contributed by atoms with Gasteiger partial charge in [-0.3, -0.25) is 4.79 Å². The number of hydrogen-bond acceptors (Lipinski definition) is 1. The van der Waals surface area contributed by atoms with Crippen molar-refractivity contribution in [2.24, 2.45) is 5.92 Å². The van der Waals surface area contributed by atoms with Crippen LogP contribution in [0.1, 0.15) is 39.9 Å². The average molecular weight is 303 g/mol. The lowest BCUT2D eigenvalue weighted by molar-refractivity contribution is 0.0970. The molecular weight excluding hydrogens is 282 g/mol. The van der Waals surface area contributed by atoms with Gasteiger partial charge in [0.05, 0.1) is 11.3 Å². The van der Waals surface area contributed by atoms with Gasteiger partial charge in [-0.25, -0.2) is 0 Å². The topological polar surface area (TPSA) is 32.9 Å². The lowest BCUT2D eigenvalue weighted by Crippen LogP contribution is -2.03. The van der Waals surface area contributed by atoms with Gasteiger partial charge in [0.25, 0.3) is 0 Å². The highest BCUT2D eigenvalue weighted by atomic mass is 16.1. The lowest BCUT2D eigenvalue weighted by atomic mass is 9.95. The van der Waals surface area contributed by atoms with E-state index in [1.807, 2.05) is 0 Å². The molecule has 0 bridgehead atoms. The normalized spacial score (nSPS) is 14.4. The maximum absolute atomic E-state index is 13.0. The second kappa shape index (κ2) is 5.09. The summed E-state index contributed by atoms with van der Waals surface area (Å²) in [5, 5.41) is 1.07. The molecule has 1 heterocycles. The Hall–Kier alpha value is -2.35. The van der Waals surface area contributed by atoms with E-state index in [0.717, 1.165) is 40.6 Å². The molecule has 2 heteroatoms. The van der Waals surface area contributed by atoms with Gasteiger partial charge in [-0.15, -0.1) is 0 Å². The molecule has 0 amide bonds. The molecule has 4 rings (SSSR count). The first-order chi connectivity index (χ1) is 11.0. The SMILES string of the molecule is Cc1ccc(C)c(-c2[nH]c3ccc(C)cc3c2C(=O)C2CC2)c1.